The van der Waals surface area contributed by atoms with E-state index in [9.17, 15) is 4.79 Å². The first-order valence-corrected chi connectivity index (χ1v) is 6.68. The van der Waals surface area contributed by atoms with Gasteiger partial charge in [0, 0.05) is 17.3 Å². The summed E-state index contributed by atoms with van der Waals surface area (Å²) in [6.45, 7) is 4.24. The number of hydrogen-bond acceptors (Lipinski definition) is 4. The predicted molar refractivity (Wildman–Crippen MR) is 76.2 cm³/mol. The fraction of sp³-hybridized carbons (Fsp3) is 0.500. The van der Waals surface area contributed by atoms with Gasteiger partial charge in [-0.1, -0.05) is 6.92 Å². The van der Waals surface area contributed by atoms with Crippen molar-refractivity contribution in [2.75, 3.05) is 24.6 Å². The van der Waals surface area contributed by atoms with Crippen molar-refractivity contribution in [1.82, 2.24) is 4.90 Å². The third-order valence-electron chi connectivity index (χ3n) is 3.97. The number of carbonyl (C=O) groups is 1. The van der Waals surface area contributed by atoms with E-state index in [1.807, 2.05) is 0 Å². The number of likely N-dealkylation sites (tertiary alicyclic amines) is 1. The number of carboxylic acid groups (broad SMARTS) is 1. The van der Waals surface area contributed by atoms with Crippen LogP contribution in [0.5, 0.6) is 0 Å². The minimum absolute atomic E-state index is 0.144. The van der Waals surface area contributed by atoms with Crippen molar-refractivity contribution in [3.05, 3.63) is 23.3 Å². The van der Waals surface area contributed by atoms with Crippen LogP contribution in [-0.4, -0.2) is 35.1 Å². The minimum atomic E-state index is -1.00. The summed E-state index contributed by atoms with van der Waals surface area (Å²) in [4.78, 5) is 13.5. The van der Waals surface area contributed by atoms with Crippen LogP contribution in [0.1, 0.15) is 35.7 Å². The molecular weight excluding hydrogens is 242 g/mol. The number of likely N-dealkylation sites (N-methyl/N-ethyl adjacent to an activating group) is 1. The summed E-state index contributed by atoms with van der Waals surface area (Å²) < 4.78 is 0. The molecule has 1 atom stereocenters. The second kappa shape index (κ2) is 5.48. The van der Waals surface area contributed by atoms with Crippen LogP contribution >= 0.6 is 0 Å². The Kier molecular flexibility index (Phi) is 3.95. The van der Waals surface area contributed by atoms with E-state index in [1.165, 1.54) is 12.5 Å². The summed E-state index contributed by atoms with van der Waals surface area (Å²) in [7, 11) is 0. The fourth-order valence-electron chi connectivity index (χ4n) is 2.87. The number of anilines is 2. The average Bonchev–Trinajstić information content (AvgIpc) is 2.81. The van der Waals surface area contributed by atoms with Crippen molar-refractivity contribution < 1.29 is 9.90 Å². The zero-order valence-corrected chi connectivity index (χ0v) is 11.2. The van der Waals surface area contributed by atoms with Gasteiger partial charge in [-0.3, -0.25) is 0 Å². The maximum atomic E-state index is 11.1. The highest BCUT2D eigenvalue weighted by molar-refractivity contribution is 5.95. The molecule has 1 aliphatic rings. The molecule has 0 radical (unpaired) electrons. The first kappa shape index (κ1) is 13.7. The van der Waals surface area contributed by atoms with Crippen LogP contribution in [0.3, 0.4) is 0 Å². The summed E-state index contributed by atoms with van der Waals surface area (Å²) in [5.74, 6) is -1.00. The molecule has 1 aromatic carbocycles. The number of aromatic carboxylic acids is 1. The molecule has 5 heteroatoms. The lowest BCUT2D eigenvalue weighted by Crippen LogP contribution is -2.31. The summed E-state index contributed by atoms with van der Waals surface area (Å²) in [5.41, 5.74) is 13.8. The molecule has 0 saturated carbocycles. The molecule has 1 unspecified atom stereocenters. The maximum absolute atomic E-state index is 11.1. The van der Waals surface area contributed by atoms with Crippen molar-refractivity contribution >= 4 is 17.3 Å². The Labute approximate surface area is 113 Å². The van der Waals surface area contributed by atoms with Gasteiger partial charge in [-0.15, -0.1) is 0 Å². The van der Waals surface area contributed by atoms with Gasteiger partial charge in [0.2, 0.25) is 0 Å². The third kappa shape index (κ3) is 2.66. The van der Waals surface area contributed by atoms with Gasteiger partial charge in [0.15, 0.2) is 0 Å². The van der Waals surface area contributed by atoms with E-state index in [2.05, 4.69) is 11.8 Å². The molecule has 0 bridgehead atoms. The molecule has 1 heterocycles. The highest BCUT2D eigenvalue weighted by atomic mass is 16.4. The second-order valence-electron chi connectivity index (χ2n) is 5.03. The van der Waals surface area contributed by atoms with Crippen LogP contribution < -0.4 is 11.5 Å². The van der Waals surface area contributed by atoms with Crippen molar-refractivity contribution in [3.8, 4) is 0 Å². The first-order chi connectivity index (χ1) is 9.04. The highest BCUT2D eigenvalue weighted by Crippen LogP contribution is 2.29. The van der Waals surface area contributed by atoms with Crippen LogP contribution in [0.4, 0.5) is 11.4 Å². The van der Waals surface area contributed by atoms with E-state index in [-0.39, 0.29) is 5.56 Å². The number of nitrogens with two attached hydrogens (primary N) is 2. The molecule has 2 rings (SSSR count). The Hall–Kier alpha value is -1.75. The van der Waals surface area contributed by atoms with E-state index in [0.717, 1.165) is 31.5 Å². The number of rotatable bonds is 4. The zero-order valence-electron chi connectivity index (χ0n) is 11.2. The zero-order chi connectivity index (χ0) is 14.0. The minimum Gasteiger partial charge on any atom is -0.478 e. The van der Waals surface area contributed by atoms with Gasteiger partial charge in [0.05, 0.1) is 11.3 Å². The Morgan fingerprint density at radius 1 is 1.47 bits per heavy atom. The van der Waals surface area contributed by atoms with E-state index in [0.29, 0.717) is 17.4 Å². The molecule has 19 heavy (non-hydrogen) atoms. The molecular formula is C14H21N3O2. The van der Waals surface area contributed by atoms with Crippen molar-refractivity contribution in [3.63, 3.8) is 0 Å². The predicted octanol–water partition coefficient (Wildman–Crippen LogP) is 1.58. The highest BCUT2D eigenvalue weighted by Gasteiger charge is 2.25. The largest absolute Gasteiger partial charge is 0.478 e. The molecule has 104 valence electrons. The number of nitrogens with zero attached hydrogens (tertiary/aromatic N) is 1. The number of carboxylic acids is 1. The topological polar surface area (TPSA) is 92.6 Å². The Morgan fingerprint density at radius 2 is 2.21 bits per heavy atom. The van der Waals surface area contributed by atoms with Crippen molar-refractivity contribution in [2.45, 2.75) is 32.2 Å². The second-order valence-corrected chi connectivity index (χ2v) is 5.03. The summed E-state index contributed by atoms with van der Waals surface area (Å²) in [6.07, 6.45) is 3.02. The molecule has 1 saturated heterocycles. The van der Waals surface area contributed by atoms with Crippen LogP contribution in [-0.2, 0) is 6.42 Å². The lowest BCUT2D eigenvalue weighted by molar-refractivity contribution is 0.0698. The van der Waals surface area contributed by atoms with Gasteiger partial charge in [0.1, 0.15) is 0 Å². The van der Waals surface area contributed by atoms with E-state index < -0.39 is 5.97 Å². The van der Waals surface area contributed by atoms with Crippen molar-refractivity contribution in [1.29, 1.82) is 0 Å². The molecule has 5 N–H and O–H groups in total. The average molecular weight is 263 g/mol. The molecule has 1 aliphatic heterocycles. The van der Waals surface area contributed by atoms with E-state index in [4.69, 9.17) is 16.6 Å². The smallest absolute Gasteiger partial charge is 0.337 e. The Bertz CT molecular complexity index is 488. The Morgan fingerprint density at radius 3 is 2.84 bits per heavy atom. The standard InChI is InChI=1S/C14H21N3O2/c1-2-17-7-3-4-9(17)8-11-12(15)6-5-10(13(11)16)14(18)19/h5-6,9H,2-4,7-8,15-16H2,1H3,(H,18,19). The van der Waals surface area contributed by atoms with E-state index in [1.54, 1.807) is 6.07 Å². The van der Waals surface area contributed by atoms with Crippen LogP contribution in [0, 0.1) is 0 Å². The van der Waals surface area contributed by atoms with Crippen LogP contribution in [0.2, 0.25) is 0 Å². The monoisotopic (exact) mass is 263 g/mol. The summed E-state index contributed by atoms with van der Waals surface area (Å²) in [6, 6.07) is 3.53. The summed E-state index contributed by atoms with van der Waals surface area (Å²) in [5, 5.41) is 9.11. The fourth-order valence-corrected chi connectivity index (χ4v) is 2.87. The normalized spacial score (nSPS) is 19.7. The Balaban J connectivity index is 2.29. The third-order valence-corrected chi connectivity index (χ3v) is 3.97. The molecule has 1 aromatic rings. The van der Waals surface area contributed by atoms with Gasteiger partial charge in [-0.25, -0.2) is 4.79 Å². The quantitative estimate of drug-likeness (QED) is 0.717. The van der Waals surface area contributed by atoms with Gasteiger partial charge >= 0.3 is 5.97 Å². The van der Waals surface area contributed by atoms with Crippen LogP contribution in [0.25, 0.3) is 0 Å². The maximum Gasteiger partial charge on any atom is 0.337 e. The van der Waals surface area contributed by atoms with Crippen molar-refractivity contribution in [2.24, 2.45) is 0 Å². The van der Waals surface area contributed by atoms with E-state index >= 15 is 0 Å². The number of hydrogen-bond donors (Lipinski definition) is 3. The van der Waals surface area contributed by atoms with Gasteiger partial charge in [-0.2, -0.15) is 0 Å². The molecule has 0 aromatic heterocycles. The first-order valence-electron chi connectivity index (χ1n) is 6.68. The molecule has 5 nitrogen and oxygen atoms in total. The number of nitrogen functional groups attached to an aromatic ring is 2. The summed E-state index contributed by atoms with van der Waals surface area (Å²) >= 11 is 0. The lowest BCUT2D eigenvalue weighted by atomic mass is 9.97. The lowest BCUT2D eigenvalue weighted by Gasteiger charge is -2.24. The molecule has 0 aliphatic carbocycles. The molecule has 1 fully saturated rings. The van der Waals surface area contributed by atoms with Crippen LogP contribution in [0.15, 0.2) is 12.1 Å². The number of benzene rings is 1. The molecule has 0 spiro atoms. The molecule has 0 amide bonds. The van der Waals surface area contributed by atoms with Gasteiger partial charge < -0.3 is 21.5 Å². The van der Waals surface area contributed by atoms with Gasteiger partial charge in [-0.05, 0) is 44.5 Å². The SMILES string of the molecule is CCN1CCCC1Cc1c(N)ccc(C(=O)O)c1N. The van der Waals surface area contributed by atoms with Gasteiger partial charge in [0.25, 0.3) is 0 Å².